The van der Waals surface area contributed by atoms with E-state index in [-0.39, 0.29) is 5.56 Å². The van der Waals surface area contributed by atoms with Gasteiger partial charge in [-0.25, -0.2) is 4.98 Å². The minimum atomic E-state index is 0.0161. The van der Waals surface area contributed by atoms with Crippen molar-refractivity contribution in [2.45, 2.75) is 32.6 Å². The highest BCUT2D eigenvalue weighted by atomic mass is 32.1. The summed E-state index contributed by atoms with van der Waals surface area (Å²) >= 11 is 1.62. The van der Waals surface area contributed by atoms with Crippen LogP contribution < -0.4 is 10.9 Å². The van der Waals surface area contributed by atoms with Crippen molar-refractivity contribution in [3.05, 3.63) is 26.6 Å². The van der Waals surface area contributed by atoms with Gasteiger partial charge in [0.05, 0.1) is 5.39 Å². The zero-order valence-corrected chi connectivity index (χ0v) is 11.5. The molecule has 1 atom stereocenters. The van der Waals surface area contributed by atoms with E-state index in [4.69, 9.17) is 0 Å². The van der Waals surface area contributed by atoms with Crippen LogP contribution in [0.1, 0.15) is 35.0 Å². The van der Waals surface area contributed by atoms with Crippen LogP contribution in [0.4, 0.5) is 0 Å². The molecule has 0 aliphatic carbocycles. The minimum Gasteiger partial charge on any atom is -0.316 e. The van der Waals surface area contributed by atoms with E-state index in [0.29, 0.717) is 5.92 Å². The molecule has 3 heterocycles. The molecule has 0 bridgehead atoms. The molecule has 1 fully saturated rings. The first-order chi connectivity index (χ1) is 8.66. The molecule has 18 heavy (non-hydrogen) atoms. The molecule has 1 aliphatic heterocycles. The molecule has 1 saturated heterocycles. The van der Waals surface area contributed by atoms with Gasteiger partial charge in [0.1, 0.15) is 10.7 Å². The van der Waals surface area contributed by atoms with Crippen molar-refractivity contribution in [3.63, 3.8) is 0 Å². The highest BCUT2D eigenvalue weighted by Gasteiger charge is 2.19. The number of piperidine rings is 1. The number of aromatic amines is 1. The van der Waals surface area contributed by atoms with Crippen LogP contribution in [0.25, 0.3) is 10.2 Å². The van der Waals surface area contributed by atoms with Crippen molar-refractivity contribution in [1.29, 1.82) is 0 Å². The van der Waals surface area contributed by atoms with Gasteiger partial charge in [-0.1, -0.05) is 0 Å². The number of nitrogens with zero attached hydrogens (tertiary/aromatic N) is 1. The highest BCUT2D eigenvalue weighted by Crippen LogP contribution is 2.27. The summed E-state index contributed by atoms with van der Waals surface area (Å²) in [5.41, 5.74) is 1.08. The average molecular weight is 263 g/mol. The molecular formula is C13H17N3OS. The quantitative estimate of drug-likeness (QED) is 0.828. The van der Waals surface area contributed by atoms with E-state index < -0.39 is 0 Å². The topological polar surface area (TPSA) is 57.8 Å². The number of rotatable bonds is 1. The number of hydrogen-bond acceptors (Lipinski definition) is 4. The summed E-state index contributed by atoms with van der Waals surface area (Å²) in [6, 6.07) is 0. The number of aromatic nitrogens is 2. The van der Waals surface area contributed by atoms with Crippen molar-refractivity contribution < 1.29 is 0 Å². The summed E-state index contributed by atoms with van der Waals surface area (Å²) in [6.45, 7) is 6.02. The molecule has 2 aromatic heterocycles. The smallest absolute Gasteiger partial charge is 0.259 e. The summed E-state index contributed by atoms with van der Waals surface area (Å²) < 4.78 is 0. The Morgan fingerprint density at radius 2 is 2.22 bits per heavy atom. The van der Waals surface area contributed by atoms with Gasteiger partial charge in [0.2, 0.25) is 0 Å². The van der Waals surface area contributed by atoms with E-state index in [1.54, 1.807) is 11.3 Å². The first-order valence-electron chi connectivity index (χ1n) is 6.37. The van der Waals surface area contributed by atoms with Crippen LogP contribution in [0.5, 0.6) is 0 Å². The van der Waals surface area contributed by atoms with Crippen LogP contribution in [-0.4, -0.2) is 23.1 Å². The fourth-order valence-electron chi connectivity index (χ4n) is 2.55. The lowest BCUT2D eigenvalue weighted by Crippen LogP contribution is -2.30. The Labute approximate surface area is 109 Å². The fraction of sp³-hybridized carbons (Fsp3) is 0.538. The number of fused-ring (bicyclic) bond motifs is 1. The van der Waals surface area contributed by atoms with Crippen molar-refractivity contribution in [2.75, 3.05) is 13.1 Å². The number of nitrogens with one attached hydrogen (secondary N) is 2. The summed E-state index contributed by atoms with van der Waals surface area (Å²) in [5, 5.41) is 4.13. The van der Waals surface area contributed by atoms with E-state index in [1.165, 1.54) is 4.88 Å². The third-order valence-electron chi connectivity index (χ3n) is 3.74. The lowest BCUT2D eigenvalue weighted by Gasteiger charge is -2.21. The molecule has 3 rings (SSSR count). The van der Waals surface area contributed by atoms with Gasteiger partial charge < -0.3 is 10.3 Å². The molecule has 1 aliphatic rings. The lowest BCUT2D eigenvalue weighted by molar-refractivity contribution is 0.447. The standard InChI is InChI=1S/C13H17N3OS/c1-7-8(2)18-13-10(7)12(17)15-11(16-13)9-4-3-5-14-6-9/h9,14H,3-6H2,1-2H3,(H,15,16,17). The van der Waals surface area contributed by atoms with Crippen LogP contribution in [0.15, 0.2) is 4.79 Å². The largest absolute Gasteiger partial charge is 0.316 e. The Morgan fingerprint density at radius 1 is 1.39 bits per heavy atom. The molecule has 0 saturated carbocycles. The minimum absolute atomic E-state index is 0.0161. The van der Waals surface area contributed by atoms with Gasteiger partial charge in [-0.2, -0.15) is 0 Å². The Bertz CT molecular complexity index is 637. The van der Waals surface area contributed by atoms with Crippen LogP contribution >= 0.6 is 11.3 Å². The highest BCUT2D eigenvalue weighted by molar-refractivity contribution is 7.18. The van der Waals surface area contributed by atoms with Gasteiger partial charge in [0, 0.05) is 17.3 Å². The molecule has 0 spiro atoms. The molecule has 4 nitrogen and oxygen atoms in total. The van der Waals surface area contributed by atoms with Crippen LogP contribution in [-0.2, 0) is 0 Å². The van der Waals surface area contributed by atoms with E-state index in [0.717, 1.165) is 47.5 Å². The maximum absolute atomic E-state index is 12.2. The summed E-state index contributed by atoms with van der Waals surface area (Å²) in [6.07, 6.45) is 2.25. The van der Waals surface area contributed by atoms with Crippen molar-refractivity contribution >= 4 is 21.6 Å². The molecule has 5 heteroatoms. The van der Waals surface area contributed by atoms with Gasteiger partial charge in [-0.05, 0) is 38.8 Å². The number of H-pyrrole nitrogens is 1. The van der Waals surface area contributed by atoms with E-state index in [2.05, 4.69) is 15.3 Å². The first-order valence-corrected chi connectivity index (χ1v) is 7.19. The second kappa shape index (κ2) is 4.48. The van der Waals surface area contributed by atoms with Gasteiger partial charge in [0.15, 0.2) is 0 Å². The van der Waals surface area contributed by atoms with Crippen LogP contribution in [0.2, 0.25) is 0 Å². The molecule has 96 valence electrons. The van der Waals surface area contributed by atoms with Gasteiger partial charge in [0.25, 0.3) is 5.56 Å². The lowest BCUT2D eigenvalue weighted by atomic mass is 9.99. The summed E-state index contributed by atoms with van der Waals surface area (Å²) in [5.74, 6) is 1.19. The van der Waals surface area contributed by atoms with Crippen LogP contribution in [0, 0.1) is 13.8 Å². The van der Waals surface area contributed by atoms with Crippen LogP contribution in [0.3, 0.4) is 0 Å². The van der Waals surface area contributed by atoms with E-state index in [9.17, 15) is 4.79 Å². The van der Waals surface area contributed by atoms with Gasteiger partial charge in [-0.15, -0.1) is 11.3 Å². The normalized spacial score (nSPS) is 20.4. The zero-order valence-electron chi connectivity index (χ0n) is 10.7. The average Bonchev–Trinajstić information content (AvgIpc) is 2.66. The predicted octanol–water partition coefficient (Wildman–Crippen LogP) is 2.07. The van der Waals surface area contributed by atoms with Crippen molar-refractivity contribution in [1.82, 2.24) is 15.3 Å². The molecular weight excluding hydrogens is 246 g/mol. The van der Waals surface area contributed by atoms with Gasteiger partial charge in [-0.3, -0.25) is 4.79 Å². The van der Waals surface area contributed by atoms with Crippen molar-refractivity contribution in [3.8, 4) is 0 Å². The first kappa shape index (κ1) is 11.9. The Balaban J connectivity index is 2.12. The molecule has 0 aromatic carbocycles. The van der Waals surface area contributed by atoms with E-state index >= 15 is 0 Å². The molecule has 0 amide bonds. The fourth-order valence-corrected chi connectivity index (χ4v) is 3.59. The van der Waals surface area contributed by atoms with Gasteiger partial charge >= 0.3 is 0 Å². The predicted molar refractivity (Wildman–Crippen MR) is 74.6 cm³/mol. The summed E-state index contributed by atoms with van der Waals surface area (Å²) in [7, 11) is 0. The Morgan fingerprint density at radius 3 is 2.94 bits per heavy atom. The maximum Gasteiger partial charge on any atom is 0.259 e. The summed E-state index contributed by atoms with van der Waals surface area (Å²) in [4.78, 5) is 21.9. The Kier molecular flexibility index (Phi) is 2.95. The number of thiophene rings is 1. The zero-order chi connectivity index (χ0) is 12.7. The SMILES string of the molecule is Cc1sc2nc(C3CCCNC3)[nH]c(=O)c2c1C. The second-order valence-corrected chi connectivity index (χ2v) is 6.16. The van der Waals surface area contributed by atoms with Crippen molar-refractivity contribution in [2.24, 2.45) is 0 Å². The molecule has 1 unspecified atom stereocenters. The molecule has 2 N–H and O–H groups in total. The number of aryl methyl sites for hydroxylation is 2. The third kappa shape index (κ3) is 1.87. The third-order valence-corrected chi connectivity index (χ3v) is 4.84. The van der Waals surface area contributed by atoms with E-state index in [1.807, 2.05) is 13.8 Å². The monoisotopic (exact) mass is 263 g/mol. The molecule has 0 radical (unpaired) electrons. The molecule has 2 aromatic rings. The Hall–Kier alpha value is -1.20. The number of hydrogen-bond donors (Lipinski definition) is 2. The second-order valence-electron chi connectivity index (χ2n) is 4.96. The maximum atomic E-state index is 12.2.